The summed E-state index contributed by atoms with van der Waals surface area (Å²) in [6.45, 7) is 4.49. The molecule has 0 aliphatic carbocycles. The Labute approximate surface area is 202 Å². The lowest BCUT2D eigenvalue weighted by atomic mass is 9.98. The van der Waals surface area contributed by atoms with Crippen LogP contribution in [-0.4, -0.2) is 61.0 Å². The zero-order chi connectivity index (χ0) is 23.9. The van der Waals surface area contributed by atoms with Gasteiger partial charge in [0, 0.05) is 24.3 Å². The first kappa shape index (κ1) is 23.6. The third kappa shape index (κ3) is 5.33. The quantitative estimate of drug-likeness (QED) is 0.488. The van der Waals surface area contributed by atoms with E-state index >= 15 is 0 Å². The van der Waals surface area contributed by atoms with Crippen molar-refractivity contribution in [2.45, 2.75) is 39.3 Å². The fraction of sp³-hybridized carbons (Fsp3) is 0.333. The summed E-state index contributed by atoms with van der Waals surface area (Å²) in [5.74, 6) is 0.639. The maximum absolute atomic E-state index is 12.6. The number of esters is 1. The normalized spacial score (nSPS) is 16.7. The minimum absolute atomic E-state index is 0.173. The highest BCUT2D eigenvalue weighted by molar-refractivity contribution is 8.14. The summed E-state index contributed by atoms with van der Waals surface area (Å²) in [5.41, 5.74) is 3.92. The summed E-state index contributed by atoms with van der Waals surface area (Å²) >= 11 is 1.42. The highest BCUT2D eigenvalue weighted by Gasteiger charge is 2.37. The van der Waals surface area contributed by atoms with Crippen molar-refractivity contribution in [3.05, 3.63) is 54.1 Å². The van der Waals surface area contributed by atoms with Gasteiger partial charge in [0.25, 0.3) is 0 Å². The molecule has 1 atom stereocenters. The Morgan fingerprint density at radius 3 is 2.59 bits per heavy atom. The molecule has 9 nitrogen and oxygen atoms in total. The van der Waals surface area contributed by atoms with Gasteiger partial charge in [-0.25, -0.2) is 9.89 Å². The number of nitrogens with zero attached hydrogens (tertiary/aromatic N) is 5. The first-order chi connectivity index (χ1) is 16.6. The number of nitrogens with one attached hydrogen (secondary N) is 1. The van der Waals surface area contributed by atoms with Crippen molar-refractivity contribution < 1.29 is 14.3 Å². The van der Waals surface area contributed by atoms with E-state index in [1.54, 1.807) is 6.92 Å². The van der Waals surface area contributed by atoms with E-state index in [1.807, 2.05) is 60.4 Å². The van der Waals surface area contributed by atoms with E-state index in [2.05, 4.69) is 25.6 Å². The van der Waals surface area contributed by atoms with Gasteiger partial charge >= 0.3 is 5.97 Å². The van der Waals surface area contributed by atoms with E-state index in [0.29, 0.717) is 36.3 Å². The van der Waals surface area contributed by atoms with Crippen LogP contribution in [0, 0.1) is 0 Å². The fourth-order valence-electron chi connectivity index (χ4n) is 3.75. The molecule has 1 amide bonds. The topological polar surface area (TPSA) is 113 Å². The molecule has 1 N–H and O–H groups in total. The second-order valence-electron chi connectivity index (χ2n) is 7.74. The van der Waals surface area contributed by atoms with E-state index in [1.165, 1.54) is 11.8 Å². The molecule has 0 spiro atoms. The van der Waals surface area contributed by atoms with E-state index in [9.17, 15) is 9.59 Å². The van der Waals surface area contributed by atoms with Gasteiger partial charge in [-0.3, -0.25) is 4.79 Å². The number of amides is 1. The molecule has 1 aromatic heterocycles. The van der Waals surface area contributed by atoms with Crippen LogP contribution in [-0.2, 0) is 20.9 Å². The fourth-order valence-corrected chi connectivity index (χ4v) is 4.89. The first-order valence-electron chi connectivity index (χ1n) is 11.2. The number of tetrazole rings is 1. The predicted octanol–water partition coefficient (Wildman–Crippen LogP) is 3.70. The zero-order valence-electron chi connectivity index (χ0n) is 19.1. The van der Waals surface area contributed by atoms with Gasteiger partial charge in [-0.05, 0) is 40.5 Å². The number of aromatic amines is 1. The maximum atomic E-state index is 12.6. The van der Waals surface area contributed by atoms with E-state index in [4.69, 9.17) is 4.74 Å². The zero-order valence-corrected chi connectivity index (χ0v) is 19.9. The summed E-state index contributed by atoms with van der Waals surface area (Å²) in [5, 5.41) is 14.8. The van der Waals surface area contributed by atoms with Gasteiger partial charge < -0.3 is 9.64 Å². The predicted molar refractivity (Wildman–Crippen MR) is 131 cm³/mol. The number of hydrogen-bond acceptors (Lipinski definition) is 7. The van der Waals surface area contributed by atoms with Crippen LogP contribution in [0.1, 0.15) is 32.3 Å². The maximum Gasteiger partial charge on any atom is 0.329 e. The molecule has 2 aromatic carbocycles. The van der Waals surface area contributed by atoms with Crippen LogP contribution in [0.15, 0.2) is 53.5 Å². The minimum atomic E-state index is -0.475. The number of hydrogen-bond donors (Lipinski definition) is 1. The van der Waals surface area contributed by atoms with E-state index in [-0.39, 0.29) is 11.9 Å². The molecule has 0 radical (unpaired) electrons. The molecule has 2 heterocycles. The van der Waals surface area contributed by atoms with Gasteiger partial charge in [0.2, 0.25) is 5.91 Å². The molecule has 10 heteroatoms. The average molecular weight is 479 g/mol. The van der Waals surface area contributed by atoms with Crippen LogP contribution < -0.4 is 0 Å². The smallest absolute Gasteiger partial charge is 0.329 e. The van der Waals surface area contributed by atoms with Crippen molar-refractivity contribution >= 4 is 28.8 Å². The molecule has 1 aliphatic heterocycles. The summed E-state index contributed by atoms with van der Waals surface area (Å²) in [7, 11) is 0. The highest BCUT2D eigenvalue weighted by atomic mass is 32.2. The van der Waals surface area contributed by atoms with Crippen LogP contribution in [0.3, 0.4) is 0 Å². The molecule has 34 heavy (non-hydrogen) atoms. The summed E-state index contributed by atoms with van der Waals surface area (Å²) in [6, 6.07) is 15.5. The van der Waals surface area contributed by atoms with Crippen molar-refractivity contribution in [3.63, 3.8) is 0 Å². The van der Waals surface area contributed by atoms with Gasteiger partial charge in [0.05, 0.1) is 6.61 Å². The minimum Gasteiger partial charge on any atom is -0.464 e. The number of benzene rings is 2. The third-order valence-corrected chi connectivity index (χ3v) is 6.45. The van der Waals surface area contributed by atoms with Crippen molar-refractivity contribution in [2.24, 2.45) is 4.99 Å². The number of ether oxygens (including phenoxy) is 1. The summed E-state index contributed by atoms with van der Waals surface area (Å²) < 4.78 is 5.27. The molecule has 1 saturated heterocycles. The summed E-state index contributed by atoms with van der Waals surface area (Å²) in [4.78, 5) is 30.9. The van der Waals surface area contributed by atoms with Gasteiger partial charge in [-0.2, -0.15) is 4.99 Å². The SMILES string of the molecule is CCCC(=O)N=C1SCC(C(=O)OCC)N1Cc1ccc(-c2ccccc2-c2nnn[nH]2)cc1. The number of aliphatic imine (C=N–C) groups is 1. The van der Waals surface area contributed by atoms with Crippen LogP contribution in [0.5, 0.6) is 0 Å². The Balaban J connectivity index is 1.58. The number of carbonyl (C=O) groups excluding carboxylic acids is 2. The lowest BCUT2D eigenvalue weighted by molar-refractivity contribution is -0.147. The van der Waals surface area contributed by atoms with Crippen molar-refractivity contribution in [2.75, 3.05) is 12.4 Å². The van der Waals surface area contributed by atoms with Crippen molar-refractivity contribution in [1.82, 2.24) is 25.5 Å². The van der Waals surface area contributed by atoms with Crippen LogP contribution in [0.25, 0.3) is 22.5 Å². The van der Waals surface area contributed by atoms with Gasteiger partial charge in [-0.1, -0.05) is 67.2 Å². The molecular formula is C24H26N6O3S. The van der Waals surface area contributed by atoms with Crippen LogP contribution in [0.4, 0.5) is 0 Å². The number of thioether (sulfide) groups is 1. The largest absolute Gasteiger partial charge is 0.464 e. The lowest BCUT2D eigenvalue weighted by Crippen LogP contribution is -2.40. The Kier molecular flexibility index (Phi) is 7.69. The average Bonchev–Trinajstić information content (AvgIpc) is 3.51. The Bertz CT molecular complexity index is 1160. The van der Waals surface area contributed by atoms with Gasteiger partial charge in [0.1, 0.15) is 6.04 Å². The molecule has 1 aliphatic rings. The molecule has 0 saturated carbocycles. The van der Waals surface area contributed by atoms with Crippen molar-refractivity contribution in [3.8, 4) is 22.5 Å². The van der Waals surface area contributed by atoms with Crippen LogP contribution in [0.2, 0.25) is 0 Å². The van der Waals surface area contributed by atoms with E-state index in [0.717, 1.165) is 28.7 Å². The number of carbonyl (C=O) groups is 2. The second kappa shape index (κ2) is 11.1. The van der Waals surface area contributed by atoms with E-state index < -0.39 is 6.04 Å². The molecule has 4 rings (SSSR count). The lowest BCUT2D eigenvalue weighted by Gasteiger charge is -2.24. The molecule has 3 aromatic rings. The Morgan fingerprint density at radius 1 is 1.15 bits per heavy atom. The molecular weight excluding hydrogens is 452 g/mol. The van der Waals surface area contributed by atoms with Crippen LogP contribution >= 0.6 is 11.8 Å². The first-order valence-corrected chi connectivity index (χ1v) is 12.2. The molecule has 0 bridgehead atoms. The number of rotatable bonds is 8. The second-order valence-corrected chi connectivity index (χ2v) is 8.72. The third-order valence-electron chi connectivity index (χ3n) is 5.38. The summed E-state index contributed by atoms with van der Waals surface area (Å²) in [6.07, 6.45) is 1.12. The van der Waals surface area contributed by atoms with Crippen molar-refractivity contribution in [1.29, 1.82) is 0 Å². The monoisotopic (exact) mass is 478 g/mol. The Hall–Kier alpha value is -3.53. The molecule has 176 valence electrons. The number of aromatic nitrogens is 4. The number of amidine groups is 1. The Morgan fingerprint density at radius 2 is 1.91 bits per heavy atom. The highest BCUT2D eigenvalue weighted by Crippen LogP contribution is 2.31. The molecule has 1 unspecified atom stereocenters. The van der Waals surface area contributed by atoms with Gasteiger partial charge in [-0.15, -0.1) is 5.10 Å². The van der Waals surface area contributed by atoms with Gasteiger partial charge in [0.15, 0.2) is 11.0 Å². The molecule has 1 fully saturated rings. The standard InChI is InChI=1S/C24H26N6O3S/c1-3-7-21(31)25-24-30(20(15-34-24)23(32)33-4-2)14-16-10-12-17(13-11-16)18-8-5-6-9-19(18)22-26-28-29-27-22/h5-6,8-13,20H,3-4,7,14-15H2,1-2H3,(H,26,27,28,29). The number of H-pyrrole nitrogens is 1.